The lowest BCUT2D eigenvalue weighted by Gasteiger charge is -2.25. The first-order valence-electron chi connectivity index (χ1n) is 5.65. The van der Waals surface area contributed by atoms with Gasteiger partial charge in [-0.1, -0.05) is 0 Å². The maximum absolute atomic E-state index is 10.2. The van der Waals surface area contributed by atoms with E-state index in [1.807, 2.05) is 18.5 Å². The number of rotatable bonds is 2. The molecule has 2 aliphatic carbocycles. The molecule has 2 nitrogen and oxygen atoms in total. The molecule has 4 atom stereocenters. The van der Waals surface area contributed by atoms with E-state index in [0.29, 0.717) is 5.92 Å². The van der Waals surface area contributed by atoms with Crippen molar-refractivity contribution >= 4 is 0 Å². The Kier molecular flexibility index (Phi) is 1.91. The van der Waals surface area contributed by atoms with Crippen LogP contribution < -0.4 is 0 Å². The van der Waals surface area contributed by atoms with Gasteiger partial charge in [-0.3, -0.25) is 0 Å². The van der Waals surface area contributed by atoms with Gasteiger partial charge in [0.2, 0.25) is 0 Å². The summed E-state index contributed by atoms with van der Waals surface area (Å²) < 4.78 is 0. The van der Waals surface area contributed by atoms with Crippen LogP contribution in [-0.2, 0) is 0 Å². The van der Waals surface area contributed by atoms with Crippen LogP contribution in [0.3, 0.4) is 0 Å². The van der Waals surface area contributed by atoms with Crippen LogP contribution >= 0.6 is 0 Å². The fourth-order valence-electron chi connectivity index (χ4n) is 2.97. The molecule has 1 aromatic heterocycles. The van der Waals surface area contributed by atoms with Gasteiger partial charge in [0.05, 0.1) is 6.10 Å². The maximum atomic E-state index is 10.2. The lowest BCUT2D eigenvalue weighted by Crippen LogP contribution is -2.16. The first-order valence-corrected chi connectivity index (χ1v) is 5.65. The topological polar surface area (TPSA) is 36.0 Å². The van der Waals surface area contributed by atoms with Crippen LogP contribution in [0.25, 0.3) is 0 Å². The quantitative estimate of drug-likeness (QED) is 0.740. The fraction of sp³-hybridized carbons (Fsp3) is 0.667. The van der Waals surface area contributed by atoms with Crippen LogP contribution in [0.15, 0.2) is 18.5 Å². The van der Waals surface area contributed by atoms with Crippen molar-refractivity contribution in [1.29, 1.82) is 0 Å². The Morgan fingerprint density at radius 3 is 2.93 bits per heavy atom. The molecule has 0 aromatic carbocycles. The van der Waals surface area contributed by atoms with Crippen LogP contribution in [-0.4, -0.2) is 10.1 Å². The van der Waals surface area contributed by atoms with Crippen LogP contribution in [0.4, 0.5) is 0 Å². The van der Waals surface area contributed by atoms with E-state index in [-0.39, 0.29) is 6.10 Å². The second-order valence-corrected chi connectivity index (χ2v) is 4.92. The molecule has 0 saturated heterocycles. The number of hydrogen-bond acceptors (Lipinski definition) is 1. The molecule has 1 heterocycles. The summed E-state index contributed by atoms with van der Waals surface area (Å²) in [6, 6.07) is 1.99. The summed E-state index contributed by atoms with van der Waals surface area (Å²) in [6.45, 7) is 0. The Balaban J connectivity index is 1.69. The predicted octanol–water partition coefficient (Wildman–Crippen LogP) is 2.48. The molecule has 4 unspecified atom stereocenters. The molecule has 0 radical (unpaired) electrons. The molecule has 76 valence electrons. The molecule has 2 heteroatoms. The lowest BCUT2D eigenvalue weighted by molar-refractivity contribution is 0.0822. The number of fused-ring (bicyclic) bond motifs is 1. The minimum atomic E-state index is -0.234. The highest BCUT2D eigenvalue weighted by molar-refractivity contribution is 5.13. The normalized spacial score (nSPS) is 37.6. The van der Waals surface area contributed by atoms with Crippen LogP contribution in [0.2, 0.25) is 0 Å². The van der Waals surface area contributed by atoms with Gasteiger partial charge < -0.3 is 10.1 Å². The number of H-pyrrole nitrogens is 1. The average Bonchev–Trinajstić information content (AvgIpc) is 2.78. The smallest absolute Gasteiger partial charge is 0.0832 e. The average molecular weight is 191 g/mol. The number of aromatic amines is 1. The molecular weight excluding hydrogens is 174 g/mol. The third kappa shape index (κ3) is 1.38. The van der Waals surface area contributed by atoms with Crippen LogP contribution in [0.1, 0.15) is 37.4 Å². The van der Waals surface area contributed by atoms with Gasteiger partial charge in [-0.15, -0.1) is 0 Å². The number of hydrogen-bond donors (Lipinski definition) is 2. The van der Waals surface area contributed by atoms with Crippen LogP contribution in [0.5, 0.6) is 0 Å². The van der Waals surface area contributed by atoms with Crippen molar-refractivity contribution in [3.8, 4) is 0 Å². The Morgan fingerprint density at radius 1 is 1.29 bits per heavy atom. The molecule has 2 fully saturated rings. The van der Waals surface area contributed by atoms with E-state index in [9.17, 15) is 5.11 Å². The minimum Gasteiger partial charge on any atom is -0.388 e. The van der Waals surface area contributed by atoms with Crippen molar-refractivity contribution in [3.05, 3.63) is 24.0 Å². The van der Waals surface area contributed by atoms with Gasteiger partial charge in [0.15, 0.2) is 0 Å². The highest BCUT2D eigenvalue weighted by atomic mass is 16.3. The van der Waals surface area contributed by atoms with Crippen molar-refractivity contribution in [2.45, 2.75) is 31.8 Å². The molecule has 0 bridgehead atoms. The van der Waals surface area contributed by atoms with Crippen LogP contribution in [0, 0.1) is 17.8 Å². The van der Waals surface area contributed by atoms with E-state index in [4.69, 9.17) is 0 Å². The SMILES string of the molecule is OC(c1cc[nH]c1)C1CCC2CC2C1. The van der Waals surface area contributed by atoms with E-state index in [1.54, 1.807) is 0 Å². The first kappa shape index (κ1) is 8.54. The maximum Gasteiger partial charge on any atom is 0.0832 e. The monoisotopic (exact) mass is 191 g/mol. The third-order valence-corrected chi connectivity index (χ3v) is 3.99. The zero-order valence-corrected chi connectivity index (χ0v) is 8.32. The molecule has 2 aliphatic rings. The van der Waals surface area contributed by atoms with E-state index in [1.165, 1.54) is 25.7 Å². The molecule has 3 rings (SSSR count). The van der Waals surface area contributed by atoms with E-state index >= 15 is 0 Å². The van der Waals surface area contributed by atoms with Gasteiger partial charge in [-0.25, -0.2) is 0 Å². The fourth-order valence-corrected chi connectivity index (χ4v) is 2.97. The van der Waals surface area contributed by atoms with Crippen molar-refractivity contribution in [3.63, 3.8) is 0 Å². The number of aromatic nitrogens is 1. The summed E-state index contributed by atoms with van der Waals surface area (Å²) in [5.74, 6) is 2.47. The molecule has 2 saturated carbocycles. The Morgan fingerprint density at radius 2 is 2.21 bits per heavy atom. The molecule has 1 aromatic rings. The highest BCUT2D eigenvalue weighted by Crippen LogP contribution is 2.53. The second-order valence-electron chi connectivity index (χ2n) is 4.92. The van der Waals surface area contributed by atoms with E-state index in [2.05, 4.69) is 4.98 Å². The molecular formula is C12H17NO. The molecule has 0 amide bonds. The number of aliphatic hydroxyl groups excluding tert-OH is 1. The predicted molar refractivity (Wildman–Crippen MR) is 54.7 cm³/mol. The lowest BCUT2D eigenvalue weighted by atomic mass is 9.83. The summed E-state index contributed by atoms with van der Waals surface area (Å²) in [5.41, 5.74) is 1.06. The summed E-state index contributed by atoms with van der Waals surface area (Å²) in [4.78, 5) is 3.01. The van der Waals surface area contributed by atoms with Crippen molar-refractivity contribution in [2.24, 2.45) is 17.8 Å². The third-order valence-electron chi connectivity index (χ3n) is 3.99. The first-order chi connectivity index (χ1) is 6.84. The van der Waals surface area contributed by atoms with E-state index < -0.39 is 0 Å². The standard InChI is InChI=1S/C12H17NO/c14-12(10-3-4-13-7-10)9-2-1-8-5-11(8)6-9/h3-4,7-9,11-14H,1-2,5-6H2. The second kappa shape index (κ2) is 3.13. The zero-order chi connectivity index (χ0) is 9.54. The van der Waals surface area contributed by atoms with Gasteiger partial charge >= 0.3 is 0 Å². The van der Waals surface area contributed by atoms with Crippen molar-refractivity contribution < 1.29 is 5.11 Å². The van der Waals surface area contributed by atoms with Gasteiger partial charge in [0.25, 0.3) is 0 Å². The number of aliphatic hydroxyl groups is 1. The summed E-state index contributed by atoms with van der Waals surface area (Å²) in [5, 5.41) is 10.2. The molecule has 2 N–H and O–H groups in total. The largest absolute Gasteiger partial charge is 0.388 e. The Hall–Kier alpha value is -0.760. The number of nitrogens with one attached hydrogen (secondary N) is 1. The van der Waals surface area contributed by atoms with Gasteiger partial charge in [0, 0.05) is 12.4 Å². The van der Waals surface area contributed by atoms with Crippen molar-refractivity contribution in [1.82, 2.24) is 4.98 Å². The van der Waals surface area contributed by atoms with Gasteiger partial charge in [-0.2, -0.15) is 0 Å². The molecule has 14 heavy (non-hydrogen) atoms. The summed E-state index contributed by atoms with van der Waals surface area (Å²) in [6.07, 6.45) is 8.81. The van der Waals surface area contributed by atoms with Gasteiger partial charge in [-0.05, 0) is 55.1 Å². The molecule has 0 aliphatic heterocycles. The Bertz CT molecular complexity index is 306. The summed E-state index contributed by atoms with van der Waals surface area (Å²) in [7, 11) is 0. The highest BCUT2D eigenvalue weighted by Gasteiger charge is 2.43. The van der Waals surface area contributed by atoms with E-state index in [0.717, 1.165) is 17.4 Å². The summed E-state index contributed by atoms with van der Waals surface area (Å²) >= 11 is 0. The Labute approximate surface area is 84.3 Å². The van der Waals surface area contributed by atoms with Crippen molar-refractivity contribution in [2.75, 3.05) is 0 Å². The minimum absolute atomic E-state index is 0.234. The molecule has 0 spiro atoms. The zero-order valence-electron chi connectivity index (χ0n) is 8.32. The van der Waals surface area contributed by atoms with Gasteiger partial charge in [0.1, 0.15) is 0 Å².